The molecule has 1 heterocycles. The number of amides is 2. The number of hydrogen-bond acceptors (Lipinski definition) is 3. The fourth-order valence-corrected chi connectivity index (χ4v) is 0.738. The lowest BCUT2D eigenvalue weighted by Crippen LogP contribution is -2.26. The van der Waals surface area contributed by atoms with Crippen LogP contribution in [0.4, 0.5) is 4.79 Å². The molecule has 1 rings (SSSR count). The van der Waals surface area contributed by atoms with Gasteiger partial charge in [0, 0.05) is 12.4 Å². The van der Waals surface area contributed by atoms with E-state index in [0.717, 1.165) is 0 Å². The molecule has 2 amide bonds. The highest BCUT2D eigenvalue weighted by Crippen LogP contribution is 1.98. The van der Waals surface area contributed by atoms with Crippen molar-refractivity contribution >= 4 is 18.1 Å². The summed E-state index contributed by atoms with van der Waals surface area (Å²) in [6, 6.07) is -0.634. The average molecular weight is 179 g/mol. The van der Waals surface area contributed by atoms with Crippen molar-refractivity contribution in [3.05, 3.63) is 24.6 Å². The van der Waals surface area contributed by atoms with Crippen LogP contribution in [-0.2, 0) is 0 Å². The summed E-state index contributed by atoms with van der Waals surface area (Å²) in [5, 5.41) is 6.04. The summed E-state index contributed by atoms with van der Waals surface area (Å²) in [5.41, 5.74) is 8.13. The molecule has 0 radical (unpaired) electrons. The normalized spacial score (nSPS) is 20.3. The minimum atomic E-state index is -0.634. The Morgan fingerprint density at radius 3 is 3.23 bits per heavy atom. The number of nitrogens with two attached hydrogens (primary N) is 1. The van der Waals surface area contributed by atoms with Gasteiger partial charge in [0.05, 0.1) is 11.8 Å². The Kier molecular flexibility index (Phi) is 2.80. The van der Waals surface area contributed by atoms with Gasteiger partial charge in [-0.2, -0.15) is 5.10 Å². The lowest BCUT2D eigenvalue weighted by atomic mass is 10.3. The Hall–Kier alpha value is -2.11. The van der Waals surface area contributed by atoms with Crippen LogP contribution in [0.25, 0.3) is 0 Å². The number of hydrogen-bond donors (Lipinski definition) is 3. The topological polar surface area (TPSA) is 91.9 Å². The Labute approximate surface area is 74.9 Å². The molecule has 68 valence electrons. The third-order valence-electron chi connectivity index (χ3n) is 1.24. The Bertz CT molecular complexity index is 315. The van der Waals surface area contributed by atoms with Crippen LogP contribution in [-0.4, -0.2) is 18.1 Å². The summed E-state index contributed by atoms with van der Waals surface area (Å²) < 4.78 is 0. The molecule has 0 saturated carbocycles. The lowest BCUT2D eigenvalue weighted by Gasteiger charge is -1.96. The standard InChI is InChI=1S/C7H9N5O/c1-2-9-6-5(4-11-12-6)3-10-7(8)13/h2-4H,1H2,(H,9,12)(H3,8,10,13)/b5-3+. The van der Waals surface area contributed by atoms with Gasteiger partial charge in [0.1, 0.15) is 0 Å². The highest BCUT2D eigenvalue weighted by Gasteiger charge is 2.08. The maximum Gasteiger partial charge on any atom is 0.316 e. The first kappa shape index (κ1) is 8.98. The molecule has 0 unspecified atom stereocenters. The second-order valence-electron chi connectivity index (χ2n) is 2.14. The molecule has 1 aliphatic rings. The van der Waals surface area contributed by atoms with Gasteiger partial charge in [0.2, 0.25) is 0 Å². The van der Waals surface area contributed by atoms with E-state index in [1.165, 1.54) is 18.6 Å². The van der Waals surface area contributed by atoms with E-state index < -0.39 is 6.03 Å². The number of aliphatic imine (C=N–C) groups is 1. The first-order valence-electron chi connectivity index (χ1n) is 3.48. The van der Waals surface area contributed by atoms with Gasteiger partial charge in [-0.05, 0) is 0 Å². The number of nitrogens with one attached hydrogen (secondary N) is 2. The van der Waals surface area contributed by atoms with Crippen molar-refractivity contribution in [3.8, 4) is 0 Å². The molecule has 0 spiro atoms. The lowest BCUT2D eigenvalue weighted by molar-refractivity contribution is 0.252. The smallest absolute Gasteiger partial charge is 0.316 e. The van der Waals surface area contributed by atoms with Gasteiger partial charge in [0.15, 0.2) is 5.84 Å². The molecule has 6 nitrogen and oxygen atoms in total. The molecular formula is C7H9N5O. The summed E-state index contributed by atoms with van der Waals surface area (Å²) in [6.45, 7) is 3.43. The van der Waals surface area contributed by atoms with E-state index in [-0.39, 0.29) is 0 Å². The van der Waals surface area contributed by atoms with Crippen LogP contribution in [0.2, 0.25) is 0 Å². The number of carbonyl (C=O) groups excluding carboxylic acids is 1. The van der Waals surface area contributed by atoms with Crippen LogP contribution < -0.4 is 16.5 Å². The van der Waals surface area contributed by atoms with Crippen LogP contribution in [0.5, 0.6) is 0 Å². The number of primary amides is 1. The molecular weight excluding hydrogens is 170 g/mol. The van der Waals surface area contributed by atoms with Crippen LogP contribution >= 0.6 is 0 Å². The summed E-state index contributed by atoms with van der Waals surface area (Å²) in [7, 11) is 0. The SMILES string of the molecule is C=C/N=C1/NN=C/C1=C\NC(N)=O. The minimum absolute atomic E-state index is 0.517. The van der Waals surface area contributed by atoms with Gasteiger partial charge in [-0.3, -0.25) is 5.43 Å². The molecule has 0 saturated heterocycles. The number of urea groups is 1. The van der Waals surface area contributed by atoms with E-state index >= 15 is 0 Å². The maximum atomic E-state index is 10.4. The van der Waals surface area contributed by atoms with E-state index in [9.17, 15) is 4.79 Å². The van der Waals surface area contributed by atoms with Crippen molar-refractivity contribution < 1.29 is 4.79 Å². The van der Waals surface area contributed by atoms with Gasteiger partial charge >= 0.3 is 6.03 Å². The summed E-state index contributed by atoms with van der Waals surface area (Å²) in [5.74, 6) is 0.517. The van der Waals surface area contributed by atoms with Crippen LogP contribution in [0.15, 0.2) is 34.6 Å². The second-order valence-corrected chi connectivity index (χ2v) is 2.14. The summed E-state index contributed by atoms with van der Waals surface area (Å²) in [6.07, 6.45) is 4.29. The van der Waals surface area contributed by atoms with E-state index in [0.29, 0.717) is 11.4 Å². The quantitative estimate of drug-likeness (QED) is 0.541. The molecule has 0 aromatic carbocycles. The van der Waals surface area contributed by atoms with E-state index in [4.69, 9.17) is 5.73 Å². The molecule has 0 bridgehead atoms. The maximum absolute atomic E-state index is 10.4. The average Bonchev–Trinajstić information content (AvgIpc) is 2.49. The summed E-state index contributed by atoms with van der Waals surface area (Å²) >= 11 is 0. The van der Waals surface area contributed by atoms with Crippen molar-refractivity contribution in [2.24, 2.45) is 15.8 Å². The van der Waals surface area contributed by atoms with Crippen LogP contribution in [0.3, 0.4) is 0 Å². The predicted molar refractivity (Wildman–Crippen MR) is 50.1 cm³/mol. The number of amidine groups is 1. The van der Waals surface area contributed by atoms with Gasteiger partial charge in [-0.25, -0.2) is 9.79 Å². The number of hydrazone groups is 1. The highest BCUT2D eigenvalue weighted by molar-refractivity contribution is 6.18. The first-order chi connectivity index (χ1) is 6.24. The zero-order chi connectivity index (χ0) is 9.68. The van der Waals surface area contributed by atoms with Gasteiger partial charge in [-0.1, -0.05) is 6.58 Å². The molecule has 0 atom stereocenters. The number of carbonyl (C=O) groups is 1. The van der Waals surface area contributed by atoms with E-state index in [2.05, 4.69) is 27.4 Å². The number of nitrogens with zero attached hydrogens (tertiary/aromatic N) is 2. The van der Waals surface area contributed by atoms with Crippen LogP contribution in [0.1, 0.15) is 0 Å². The molecule has 0 fully saturated rings. The van der Waals surface area contributed by atoms with E-state index in [1.807, 2.05) is 0 Å². The third-order valence-corrected chi connectivity index (χ3v) is 1.24. The monoisotopic (exact) mass is 179 g/mol. The number of rotatable bonds is 2. The van der Waals surface area contributed by atoms with Crippen molar-refractivity contribution in [2.75, 3.05) is 0 Å². The molecule has 1 aliphatic heterocycles. The van der Waals surface area contributed by atoms with Crippen molar-refractivity contribution in [1.82, 2.24) is 10.7 Å². The molecule has 4 N–H and O–H groups in total. The fourth-order valence-electron chi connectivity index (χ4n) is 0.738. The fraction of sp³-hybridized carbons (Fsp3) is 0. The second kappa shape index (κ2) is 4.05. The first-order valence-corrected chi connectivity index (χ1v) is 3.48. The van der Waals surface area contributed by atoms with Gasteiger partial charge < -0.3 is 11.1 Å². The molecule has 13 heavy (non-hydrogen) atoms. The Balaban J connectivity index is 2.72. The largest absolute Gasteiger partial charge is 0.351 e. The van der Waals surface area contributed by atoms with Crippen LogP contribution in [0, 0.1) is 0 Å². The molecule has 0 aliphatic carbocycles. The van der Waals surface area contributed by atoms with Crippen molar-refractivity contribution in [3.63, 3.8) is 0 Å². The van der Waals surface area contributed by atoms with Crippen molar-refractivity contribution in [1.29, 1.82) is 0 Å². The Morgan fingerprint density at radius 2 is 2.62 bits per heavy atom. The highest BCUT2D eigenvalue weighted by atomic mass is 16.2. The van der Waals surface area contributed by atoms with Crippen molar-refractivity contribution in [2.45, 2.75) is 0 Å². The zero-order valence-electron chi connectivity index (χ0n) is 6.82. The molecule has 0 aromatic rings. The van der Waals surface area contributed by atoms with Gasteiger partial charge in [0.25, 0.3) is 0 Å². The molecule has 0 aromatic heterocycles. The van der Waals surface area contributed by atoms with Gasteiger partial charge in [-0.15, -0.1) is 0 Å². The zero-order valence-corrected chi connectivity index (χ0v) is 6.82. The predicted octanol–water partition coefficient (Wildman–Crippen LogP) is -0.330. The Morgan fingerprint density at radius 1 is 1.85 bits per heavy atom. The molecule has 6 heteroatoms. The summed E-state index contributed by atoms with van der Waals surface area (Å²) in [4.78, 5) is 14.2. The third kappa shape index (κ3) is 2.44. The minimum Gasteiger partial charge on any atom is -0.351 e. The van der Waals surface area contributed by atoms with E-state index in [1.54, 1.807) is 0 Å².